The molecule has 26 heavy (non-hydrogen) atoms. The van der Waals surface area contributed by atoms with Gasteiger partial charge in [0.15, 0.2) is 0 Å². The zero-order valence-corrected chi connectivity index (χ0v) is 14.7. The molecule has 0 amide bonds. The maximum Gasteiger partial charge on any atom is 0.338 e. The van der Waals surface area contributed by atoms with Crippen LogP contribution in [0.1, 0.15) is 28.4 Å². The number of hydrogen-bond donors (Lipinski definition) is 0. The summed E-state index contributed by atoms with van der Waals surface area (Å²) in [6, 6.07) is 26.9. The minimum absolute atomic E-state index is 0.267. The van der Waals surface area contributed by atoms with E-state index in [4.69, 9.17) is 4.74 Å². The van der Waals surface area contributed by atoms with E-state index < -0.39 is 0 Å². The van der Waals surface area contributed by atoms with Gasteiger partial charge in [-0.15, -0.1) is 0 Å². The summed E-state index contributed by atoms with van der Waals surface area (Å²) >= 11 is 0. The van der Waals surface area contributed by atoms with Crippen LogP contribution >= 0.6 is 0 Å². The van der Waals surface area contributed by atoms with Crippen molar-refractivity contribution in [3.63, 3.8) is 0 Å². The molecule has 4 rings (SSSR count). The van der Waals surface area contributed by atoms with Gasteiger partial charge < -0.3 is 4.74 Å². The standard InChI is InChI=1S/C24H20O2/c1-2-26-24(25)20-15-19(14-17-8-4-3-5-9-17)22-13-12-18-10-6-7-11-21(18)23(22)16-20/h3-13,15-16H,2,14H2,1H3. The summed E-state index contributed by atoms with van der Waals surface area (Å²) < 4.78 is 5.26. The third-order valence-electron chi connectivity index (χ3n) is 4.69. The molecule has 0 aromatic heterocycles. The minimum Gasteiger partial charge on any atom is -0.462 e. The Morgan fingerprint density at radius 2 is 1.58 bits per heavy atom. The van der Waals surface area contributed by atoms with Crippen molar-refractivity contribution in [2.45, 2.75) is 13.3 Å². The molecule has 0 atom stereocenters. The molecule has 0 heterocycles. The van der Waals surface area contributed by atoms with Gasteiger partial charge in [0, 0.05) is 0 Å². The van der Waals surface area contributed by atoms with Crippen LogP contribution in [0.15, 0.2) is 78.9 Å². The van der Waals surface area contributed by atoms with Crippen LogP contribution in [-0.2, 0) is 11.2 Å². The summed E-state index contributed by atoms with van der Waals surface area (Å²) in [5.74, 6) is -0.267. The smallest absolute Gasteiger partial charge is 0.338 e. The zero-order valence-electron chi connectivity index (χ0n) is 14.7. The molecule has 0 aliphatic carbocycles. The lowest BCUT2D eigenvalue weighted by Gasteiger charge is -2.12. The second-order valence-corrected chi connectivity index (χ2v) is 6.40. The van der Waals surface area contributed by atoms with Gasteiger partial charge in [-0.2, -0.15) is 0 Å². The van der Waals surface area contributed by atoms with Gasteiger partial charge in [-0.25, -0.2) is 4.79 Å². The molecular weight excluding hydrogens is 320 g/mol. The normalized spacial score (nSPS) is 11.0. The summed E-state index contributed by atoms with van der Waals surface area (Å²) in [6.45, 7) is 2.21. The van der Waals surface area contributed by atoms with Crippen LogP contribution in [0.25, 0.3) is 21.5 Å². The van der Waals surface area contributed by atoms with Gasteiger partial charge in [0.05, 0.1) is 12.2 Å². The second-order valence-electron chi connectivity index (χ2n) is 6.40. The van der Waals surface area contributed by atoms with E-state index in [2.05, 4.69) is 36.4 Å². The van der Waals surface area contributed by atoms with Crippen molar-refractivity contribution in [2.24, 2.45) is 0 Å². The minimum atomic E-state index is -0.267. The predicted octanol–water partition coefficient (Wildman–Crippen LogP) is 5.76. The van der Waals surface area contributed by atoms with Gasteiger partial charge in [0.1, 0.15) is 0 Å². The molecule has 2 nitrogen and oxygen atoms in total. The SMILES string of the molecule is CCOC(=O)c1cc(Cc2ccccc2)c2ccc3ccccc3c2c1. The quantitative estimate of drug-likeness (QED) is 0.349. The summed E-state index contributed by atoms with van der Waals surface area (Å²) in [7, 11) is 0. The summed E-state index contributed by atoms with van der Waals surface area (Å²) in [6.07, 6.45) is 0.781. The van der Waals surface area contributed by atoms with E-state index in [1.165, 1.54) is 16.3 Å². The molecule has 0 aliphatic heterocycles. The van der Waals surface area contributed by atoms with Gasteiger partial charge in [0.25, 0.3) is 0 Å². The fourth-order valence-electron chi connectivity index (χ4n) is 3.49. The van der Waals surface area contributed by atoms with E-state index in [-0.39, 0.29) is 5.97 Å². The highest BCUT2D eigenvalue weighted by Gasteiger charge is 2.13. The number of benzene rings is 4. The summed E-state index contributed by atoms with van der Waals surface area (Å²) in [5.41, 5.74) is 2.98. The molecule has 0 N–H and O–H groups in total. The van der Waals surface area contributed by atoms with Crippen molar-refractivity contribution < 1.29 is 9.53 Å². The maximum atomic E-state index is 12.4. The second kappa shape index (κ2) is 7.01. The lowest BCUT2D eigenvalue weighted by molar-refractivity contribution is 0.0526. The zero-order chi connectivity index (χ0) is 17.9. The first-order valence-electron chi connectivity index (χ1n) is 8.91. The van der Waals surface area contributed by atoms with Crippen molar-refractivity contribution in [2.75, 3.05) is 6.61 Å². The van der Waals surface area contributed by atoms with E-state index >= 15 is 0 Å². The first-order valence-corrected chi connectivity index (χ1v) is 8.91. The van der Waals surface area contributed by atoms with Crippen LogP contribution in [0.2, 0.25) is 0 Å². The summed E-state index contributed by atoms with van der Waals surface area (Å²) in [4.78, 5) is 12.4. The highest BCUT2D eigenvalue weighted by molar-refractivity contribution is 6.10. The van der Waals surface area contributed by atoms with Crippen LogP contribution in [0.3, 0.4) is 0 Å². The highest BCUT2D eigenvalue weighted by atomic mass is 16.5. The lowest BCUT2D eigenvalue weighted by atomic mass is 9.93. The first kappa shape index (κ1) is 16.3. The fourth-order valence-corrected chi connectivity index (χ4v) is 3.49. The third-order valence-corrected chi connectivity index (χ3v) is 4.69. The van der Waals surface area contributed by atoms with E-state index in [0.717, 1.165) is 22.8 Å². The number of hydrogen-bond acceptors (Lipinski definition) is 2. The van der Waals surface area contributed by atoms with Gasteiger partial charge >= 0.3 is 5.97 Å². The Bertz CT molecular complexity index is 1080. The molecule has 0 saturated heterocycles. The van der Waals surface area contributed by atoms with E-state index in [1.54, 1.807) is 0 Å². The first-order chi connectivity index (χ1) is 12.8. The van der Waals surface area contributed by atoms with Crippen LogP contribution in [0.5, 0.6) is 0 Å². The van der Waals surface area contributed by atoms with Crippen molar-refractivity contribution in [3.8, 4) is 0 Å². The van der Waals surface area contributed by atoms with Crippen molar-refractivity contribution >= 4 is 27.5 Å². The topological polar surface area (TPSA) is 26.3 Å². The number of fused-ring (bicyclic) bond motifs is 3. The Morgan fingerprint density at radius 3 is 2.38 bits per heavy atom. The molecule has 0 radical (unpaired) electrons. The van der Waals surface area contributed by atoms with Gasteiger partial charge in [0.2, 0.25) is 0 Å². The Balaban J connectivity index is 1.95. The molecule has 0 saturated carbocycles. The molecule has 0 aliphatic rings. The van der Waals surface area contributed by atoms with Crippen LogP contribution < -0.4 is 0 Å². The molecule has 0 unspecified atom stereocenters. The van der Waals surface area contributed by atoms with Crippen LogP contribution in [-0.4, -0.2) is 12.6 Å². The highest BCUT2D eigenvalue weighted by Crippen LogP contribution is 2.30. The Morgan fingerprint density at radius 1 is 0.808 bits per heavy atom. The van der Waals surface area contributed by atoms with Crippen molar-refractivity contribution in [1.82, 2.24) is 0 Å². The monoisotopic (exact) mass is 340 g/mol. The van der Waals surface area contributed by atoms with Crippen molar-refractivity contribution in [1.29, 1.82) is 0 Å². The average molecular weight is 340 g/mol. The average Bonchev–Trinajstić information content (AvgIpc) is 2.68. The third kappa shape index (κ3) is 3.06. The maximum absolute atomic E-state index is 12.4. The van der Waals surface area contributed by atoms with Gasteiger partial charge in [-0.3, -0.25) is 0 Å². The van der Waals surface area contributed by atoms with Gasteiger partial charge in [-0.1, -0.05) is 66.7 Å². The number of rotatable bonds is 4. The number of carbonyl (C=O) groups excluding carboxylic acids is 1. The predicted molar refractivity (Wildman–Crippen MR) is 107 cm³/mol. The molecule has 2 heteroatoms. The number of carbonyl (C=O) groups is 1. The molecule has 0 fully saturated rings. The largest absolute Gasteiger partial charge is 0.462 e. The summed E-state index contributed by atoms with van der Waals surface area (Å²) in [5, 5.41) is 4.61. The fraction of sp³-hybridized carbons (Fsp3) is 0.125. The van der Waals surface area contributed by atoms with Crippen molar-refractivity contribution in [3.05, 3.63) is 95.6 Å². The van der Waals surface area contributed by atoms with E-state index in [0.29, 0.717) is 12.2 Å². The molecule has 4 aromatic rings. The Kier molecular flexibility index (Phi) is 4.40. The van der Waals surface area contributed by atoms with Gasteiger partial charge in [-0.05, 0) is 58.1 Å². The molecular formula is C24H20O2. The molecule has 4 aromatic carbocycles. The number of ether oxygens (including phenoxy) is 1. The Hall–Kier alpha value is -3.13. The molecule has 128 valence electrons. The van der Waals surface area contributed by atoms with E-state index in [9.17, 15) is 4.79 Å². The van der Waals surface area contributed by atoms with Crippen LogP contribution in [0.4, 0.5) is 0 Å². The lowest BCUT2D eigenvalue weighted by Crippen LogP contribution is -2.06. The van der Waals surface area contributed by atoms with Crippen LogP contribution in [0, 0.1) is 0 Å². The molecule has 0 spiro atoms. The number of esters is 1. The molecule has 0 bridgehead atoms. The Labute approximate surface area is 153 Å². The van der Waals surface area contributed by atoms with E-state index in [1.807, 2.05) is 49.4 Å².